The average molecular weight is 278 g/mol. The molecule has 0 aliphatic heterocycles. The molecule has 0 atom stereocenters. The number of hydrogen-bond donors (Lipinski definition) is 1. The molecule has 0 aromatic carbocycles. The van der Waals surface area contributed by atoms with Gasteiger partial charge < -0.3 is 5.11 Å². The molecule has 0 bridgehead atoms. The van der Waals surface area contributed by atoms with E-state index in [1.165, 1.54) is 11.3 Å². The van der Waals surface area contributed by atoms with Gasteiger partial charge in [-0.3, -0.25) is 4.68 Å². The van der Waals surface area contributed by atoms with Crippen LogP contribution in [0.1, 0.15) is 48.7 Å². The highest BCUT2D eigenvalue weighted by Crippen LogP contribution is 2.31. The van der Waals surface area contributed by atoms with Gasteiger partial charge in [0.1, 0.15) is 11.3 Å². The summed E-state index contributed by atoms with van der Waals surface area (Å²) >= 11 is 1.54. The van der Waals surface area contributed by atoms with Gasteiger partial charge in [-0.05, 0) is 36.8 Å². The molecule has 2 rings (SSSR count). The summed E-state index contributed by atoms with van der Waals surface area (Å²) in [5.41, 5.74) is 1.95. The molecule has 4 nitrogen and oxygen atoms in total. The van der Waals surface area contributed by atoms with Gasteiger partial charge in [-0.1, -0.05) is 13.8 Å². The van der Waals surface area contributed by atoms with Crippen LogP contribution in [0.5, 0.6) is 0 Å². The second kappa shape index (κ2) is 5.57. The number of carboxylic acids is 1. The van der Waals surface area contributed by atoms with Crippen molar-refractivity contribution in [2.24, 2.45) is 0 Å². The molecular formula is C14H18N2O2S. The van der Waals surface area contributed by atoms with Crippen LogP contribution in [-0.4, -0.2) is 20.9 Å². The van der Waals surface area contributed by atoms with E-state index in [0.717, 1.165) is 23.3 Å². The molecule has 0 unspecified atom stereocenters. The van der Waals surface area contributed by atoms with Crippen molar-refractivity contribution < 1.29 is 9.90 Å². The molecule has 0 saturated carbocycles. The fourth-order valence-corrected chi connectivity index (χ4v) is 3.11. The third kappa shape index (κ3) is 2.56. The van der Waals surface area contributed by atoms with E-state index in [4.69, 9.17) is 0 Å². The molecule has 0 aliphatic rings. The first kappa shape index (κ1) is 13.8. The quantitative estimate of drug-likeness (QED) is 0.900. The molecule has 2 heterocycles. The van der Waals surface area contributed by atoms with Gasteiger partial charge in [-0.15, -0.1) is 11.3 Å². The van der Waals surface area contributed by atoms with Gasteiger partial charge in [0.15, 0.2) is 0 Å². The number of carboxylic acid groups (broad SMARTS) is 1. The van der Waals surface area contributed by atoms with Crippen LogP contribution in [0.3, 0.4) is 0 Å². The maximum Gasteiger partial charge on any atom is 0.339 e. The van der Waals surface area contributed by atoms with Crippen LogP contribution < -0.4 is 0 Å². The van der Waals surface area contributed by atoms with Crippen molar-refractivity contribution >= 4 is 17.3 Å². The van der Waals surface area contributed by atoms with E-state index in [9.17, 15) is 9.90 Å². The van der Waals surface area contributed by atoms with Crippen LogP contribution in [0, 0.1) is 6.92 Å². The minimum atomic E-state index is -0.917. The molecule has 1 N–H and O–H groups in total. The van der Waals surface area contributed by atoms with Crippen LogP contribution in [-0.2, 0) is 0 Å². The molecule has 2 aromatic heterocycles. The number of aromatic carboxylic acids is 1. The standard InChI is InChI=1S/C14H18N2O2S/c1-4-10(5-2)16-8-11(14(17)18)12(15-16)13-9(3)6-7-19-13/h6-8,10H,4-5H2,1-3H3,(H,17,18). The molecule has 0 amide bonds. The zero-order chi connectivity index (χ0) is 14.0. The fraction of sp³-hybridized carbons (Fsp3) is 0.429. The molecule has 5 heteroatoms. The summed E-state index contributed by atoms with van der Waals surface area (Å²) in [6, 6.07) is 2.24. The summed E-state index contributed by atoms with van der Waals surface area (Å²) in [5.74, 6) is -0.917. The number of aromatic nitrogens is 2. The lowest BCUT2D eigenvalue weighted by Gasteiger charge is -2.12. The van der Waals surface area contributed by atoms with Crippen molar-refractivity contribution in [1.29, 1.82) is 0 Å². The van der Waals surface area contributed by atoms with Gasteiger partial charge >= 0.3 is 5.97 Å². The number of thiophene rings is 1. The normalized spacial score (nSPS) is 11.2. The monoisotopic (exact) mass is 278 g/mol. The number of carbonyl (C=O) groups is 1. The first-order valence-electron chi connectivity index (χ1n) is 6.45. The first-order chi connectivity index (χ1) is 9.08. The Morgan fingerprint density at radius 3 is 2.63 bits per heavy atom. The molecule has 0 aliphatic carbocycles. The molecule has 0 saturated heterocycles. The average Bonchev–Trinajstić information content (AvgIpc) is 2.97. The summed E-state index contributed by atoms with van der Waals surface area (Å²) in [6.45, 7) is 6.16. The van der Waals surface area contributed by atoms with Crippen molar-refractivity contribution in [3.05, 3.63) is 28.8 Å². The molecule has 19 heavy (non-hydrogen) atoms. The third-order valence-electron chi connectivity index (χ3n) is 3.36. The highest BCUT2D eigenvalue weighted by atomic mass is 32.1. The van der Waals surface area contributed by atoms with E-state index in [1.54, 1.807) is 10.9 Å². The summed E-state index contributed by atoms with van der Waals surface area (Å²) < 4.78 is 1.80. The minimum absolute atomic E-state index is 0.257. The predicted octanol–water partition coefficient (Wildman–Crippen LogP) is 3.98. The first-order valence-corrected chi connectivity index (χ1v) is 7.33. The Balaban J connectivity index is 2.54. The Hall–Kier alpha value is -1.62. The van der Waals surface area contributed by atoms with E-state index in [-0.39, 0.29) is 11.6 Å². The topological polar surface area (TPSA) is 55.1 Å². The fourth-order valence-electron chi connectivity index (χ4n) is 2.18. The molecule has 102 valence electrons. The van der Waals surface area contributed by atoms with Gasteiger partial charge in [0, 0.05) is 6.20 Å². The lowest BCUT2D eigenvalue weighted by atomic mass is 10.1. The van der Waals surface area contributed by atoms with Gasteiger partial charge in [-0.2, -0.15) is 5.10 Å². The van der Waals surface area contributed by atoms with Crippen molar-refractivity contribution in [1.82, 2.24) is 9.78 Å². The number of nitrogens with zero attached hydrogens (tertiary/aromatic N) is 2. The summed E-state index contributed by atoms with van der Waals surface area (Å²) in [4.78, 5) is 12.3. The van der Waals surface area contributed by atoms with Crippen LogP contribution in [0.2, 0.25) is 0 Å². The largest absolute Gasteiger partial charge is 0.478 e. The SMILES string of the molecule is CCC(CC)n1cc(C(=O)O)c(-c2sccc2C)n1. The van der Waals surface area contributed by atoms with Crippen molar-refractivity contribution in [2.75, 3.05) is 0 Å². The van der Waals surface area contributed by atoms with Crippen molar-refractivity contribution in [2.45, 2.75) is 39.7 Å². The van der Waals surface area contributed by atoms with Crippen molar-refractivity contribution in [3.8, 4) is 10.6 Å². The minimum Gasteiger partial charge on any atom is -0.478 e. The van der Waals surface area contributed by atoms with Crippen LogP contribution >= 0.6 is 11.3 Å². The van der Waals surface area contributed by atoms with Gasteiger partial charge in [0.25, 0.3) is 0 Å². The molecule has 2 aromatic rings. The molecule has 0 radical (unpaired) electrons. The van der Waals surface area contributed by atoms with Crippen LogP contribution in [0.15, 0.2) is 17.6 Å². The number of rotatable bonds is 5. The van der Waals surface area contributed by atoms with E-state index in [0.29, 0.717) is 5.69 Å². The maximum absolute atomic E-state index is 11.4. The molecule has 0 fully saturated rings. The summed E-state index contributed by atoms with van der Waals surface area (Å²) in [6.07, 6.45) is 3.55. The van der Waals surface area contributed by atoms with E-state index in [1.807, 2.05) is 18.4 Å². The Bertz CT molecular complexity index is 582. The van der Waals surface area contributed by atoms with Gasteiger partial charge in [-0.25, -0.2) is 4.79 Å². The number of aryl methyl sites for hydroxylation is 1. The second-order valence-corrected chi connectivity index (χ2v) is 5.50. The summed E-state index contributed by atoms with van der Waals surface area (Å²) in [5, 5.41) is 15.8. The highest BCUT2D eigenvalue weighted by molar-refractivity contribution is 7.13. The van der Waals surface area contributed by atoms with E-state index < -0.39 is 5.97 Å². The van der Waals surface area contributed by atoms with Crippen molar-refractivity contribution in [3.63, 3.8) is 0 Å². The zero-order valence-corrected chi connectivity index (χ0v) is 12.2. The Morgan fingerprint density at radius 2 is 2.16 bits per heavy atom. The Morgan fingerprint density at radius 1 is 1.47 bits per heavy atom. The lowest BCUT2D eigenvalue weighted by Crippen LogP contribution is -2.07. The van der Waals surface area contributed by atoms with Crippen LogP contribution in [0.25, 0.3) is 10.6 Å². The second-order valence-electron chi connectivity index (χ2n) is 4.58. The Labute approximate surface area is 116 Å². The van der Waals surface area contributed by atoms with E-state index >= 15 is 0 Å². The van der Waals surface area contributed by atoms with Gasteiger partial charge in [0.05, 0.1) is 10.9 Å². The lowest BCUT2D eigenvalue weighted by molar-refractivity contribution is 0.0697. The Kier molecular flexibility index (Phi) is 4.04. The molecule has 0 spiro atoms. The van der Waals surface area contributed by atoms with Gasteiger partial charge in [0.2, 0.25) is 0 Å². The summed E-state index contributed by atoms with van der Waals surface area (Å²) in [7, 11) is 0. The number of hydrogen-bond acceptors (Lipinski definition) is 3. The third-order valence-corrected chi connectivity index (χ3v) is 4.38. The zero-order valence-electron chi connectivity index (χ0n) is 11.4. The molecular weight excluding hydrogens is 260 g/mol. The smallest absolute Gasteiger partial charge is 0.339 e. The maximum atomic E-state index is 11.4. The van der Waals surface area contributed by atoms with Crippen LogP contribution in [0.4, 0.5) is 0 Å². The van der Waals surface area contributed by atoms with E-state index in [2.05, 4.69) is 18.9 Å². The predicted molar refractivity (Wildman–Crippen MR) is 76.9 cm³/mol. The highest BCUT2D eigenvalue weighted by Gasteiger charge is 2.21.